The molecule has 0 unspecified atom stereocenters. The molecule has 0 radical (unpaired) electrons. The summed E-state index contributed by atoms with van der Waals surface area (Å²) in [7, 11) is 0. The topological polar surface area (TPSA) is 100 Å². The van der Waals surface area contributed by atoms with E-state index in [1.165, 1.54) is 0 Å². The maximum atomic E-state index is 12.4. The van der Waals surface area contributed by atoms with Crippen molar-refractivity contribution >= 4 is 50.3 Å². The van der Waals surface area contributed by atoms with E-state index in [9.17, 15) is 14.4 Å². The van der Waals surface area contributed by atoms with E-state index in [2.05, 4.69) is 31.5 Å². The normalized spacial score (nSPS) is 10.6. The van der Waals surface area contributed by atoms with Gasteiger partial charge in [-0.25, -0.2) is 4.79 Å². The molecular formula is C21H20BrN3O4. The van der Waals surface area contributed by atoms with Gasteiger partial charge in [0.2, 0.25) is 5.91 Å². The second-order valence-corrected chi connectivity index (χ2v) is 7.31. The van der Waals surface area contributed by atoms with E-state index in [1.807, 2.05) is 19.1 Å². The predicted octanol–water partition coefficient (Wildman–Crippen LogP) is 3.78. The molecule has 0 saturated carbocycles. The van der Waals surface area contributed by atoms with Gasteiger partial charge in [-0.1, -0.05) is 15.9 Å². The van der Waals surface area contributed by atoms with E-state index in [1.54, 1.807) is 37.3 Å². The van der Waals surface area contributed by atoms with Crippen LogP contribution in [0.25, 0.3) is 10.9 Å². The van der Waals surface area contributed by atoms with Crippen molar-refractivity contribution in [1.29, 1.82) is 0 Å². The zero-order valence-electron chi connectivity index (χ0n) is 16.0. The maximum Gasteiger partial charge on any atom is 0.354 e. The molecule has 0 aliphatic carbocycles. The Morgan fingerprint density at radius 2 is 1.90 bits per heavy atom. The molecule has 3 N–H and O–H groups in total. The van der Waals surface area contributed by atoms with Crippen LogP contribution in [0.3, 0.4) is 0 Å². The molecule has 0 bridgehead atoms. The van der Waals surface area contributed by atoms with Gasteiger partial charge < -0.3 is 20.4 Å². The number of aromatic nitrogens is 1. The van der Waals surface area contributed by atoms with Crippen LogP contribution in [0.5, 0.6) is 0 Å². The molecule has 150 valence electrons. The molecule has 0 atom stereocenters. The van der Waals surface area contributed by atoms with Crippen molar-refractivity contribution in [1.82, 2.24) is 10.3 Å². The number of rotatable bonds is 6. The molecule has 3 rings (SSSR count). The SMILES string of the molecule is CCOC(=O)c1cc2cc(C(=O)NCC(=O)Nc3ccc(Br)cc3C)ccc2[nH]1. The third-order valence-corrected chi connectivity index (χ3v) is 4.74. The van der Waals surface area contributed by atoms with Crippen LogP contribution in [0.4, 0.5) is 5.69 Å². The summed E-state index contributed by atoms with van der Waals surface area (Å²) in [5, 5.41) is 6.08. The minimum Gasteiger partial charge on any atom is -0.461 e. The van der Waals surface area contributed by atoms with Crippen molar-refractivity contribution in [3.63, 3.8) is 0 Å². The first-order valence-electron chi connectivity index (χ1n) is 9.01. The molecule has 2 aromatic carbocycles. The van der Waals surface area contributed by atoms with Crippen LogP contribution in [0.15, 0.2) is 46.9 Å². The fourth-order valence-corrected chi connectivity index (χ4v) is 3.29. The van der Waals surface area contributed by atoms with Crippen molar-refractivity contribution in [2.24, 2.45) is 0 Å². The van der Waals surface area contributed by atoms with Crippen LogP contribution in [0.1, 0.15) is 33.3 Å². The molecular weight excluding hydrogens is 438 g/mol. The number of halogens is 1. The van der Waals surface area contributed by atoms with E-state index >= 15 is 0 Å². The summed E-state index contributed by atoms with van der Waals surface area (Å²) >= 11 is 3.37. The highest BCUT2D eigenvalue weighted by Gasteiger charge is 2.13. The van der Waals surface area contributed by atoms with Gasteiger partial charge in [0.25, 0.3) is 5.91 Å². The van der Waals surface area contributed by atoms with Gasteiger partial charge in [0, 0.05) is 26.6 Å². The van der Waals surface area contributed by atoms with Gasteiger partial charge in [0.15, 0.2) is 0 Å². The Bertz CT molecular complexity index is 1090. The molecule has 0 spiro atoms. The molecule has 1 aromatic heterocycles. The minimum atomic E-state index is -0.449. The maximum absolute atomic E-state index is 12.4. The van der Waals surface area contributed by atoms with Crippen LogP contribution in [-0.4, -0.2) is 35.9 Å². The van der Waals surface area contributed by atoms with Crippen molar-refractivity contribution < 1.29 is 19.1 Å². The molecule has 29 heavy (non-hydrogen) atoms. The zero-order valence-corrected chi connectivity index (χ0v) is 17.6. The summed E-state index contributed by atoms with van der Waals surface area (Å²) in [6.07, 6.45) is 0. The first-order chi connectivity index (χ1) is 13.9. The molecule has 0 saturated heterocycles. The van der Waals surface area contributed by atoms with E-state index in [-0.39, 0.29) is 25.0 Å². The number of ether oxygens (including phenoxy) is 1. The van der Waals surface area contributed by atoms with Crippen LogP contribution < -0.4 is 10.6 Å². The summed E-state index contributed by atoms with van der Waals surface area (Å²) in [6.45, 7) is 3.74. The summed E-state index contributed by atoms with van der Waals surface area (Å²) < 4.78 is 5.89. The number of aromatic amines is 1. The van der Waals surface area contributed by atoms with Gasteiger partial charge in [0.05, 0.1) is 13.2 Å². The molecule has 2 amide bonds. The Hall–Kier alpha value is -3.13. The average molecular weight is 458 g/mol. The summed E-state index contributed by atoms with van der Waals surface area (Å²) in [6, 6.07) is 12.1. The number of hydrogen-bond acceptors (Lipinski definition) is 4. The summed E-state index contributed by atoms with van der Waals surface area (Å²) in [5.41, 5.74) is 3.03. The summed E-state index contributed by atoms with van der Waals surface area (Å²) in [5.74, 6) is -1.15. The predicted molar refractivity (Wildman–Crippen MR) is 114 cm³/mol. The largest absolute Gasteiger partial charge is 0.461 e. The van der Waals surface area contributed by atoms with Gasteiger partial charge in [-0.3, -0.25) is 9.59 Å². The lowest BCUT2D eigenvalue weighted by Crippen LogP contribution is -2.32. The Labute approximate surface area is 175 Å². The van der Waals surface area contributed by atoms with Gasteiger partial charge in [-0.2, -0.15) is 0 Å². The molecule has 7 nitrogen and oxygen atoms in total. The Balaban J connectivity index is 1.63. The number of H-pyrrole nitrogens is 1. The fourth-order valence-electron chi connectivity index (χ4n) is 2.82. The highest BCUT2D eigenvalue weighted by Crippen LogP contribution is 2.20. The number of aryl methyl sites for hydroxylation is 1. The molecule has 0 fully saturated rings. The molecule has 8 heteroatoms. The highest BCUT2D eigenvalue weighted by molar-refractivity contribution is 9.10. The van der Waals surface area contributed by atoms with Crippen LogP contribution in [-0.2, 0) is 9.53 Å². The Morgan fingerprint density at radius 3 is 2.62 bits per heavy atom. The Morgan fingerprint density at radius 1 is 1.10 bits per heavy atom. The number of anilines is 1. The van der Waals surface area contributed by atoms with Crippen LogP contribution in [0, 0.1) is 6.92 Å². The number of fused-ring (bicyclic) bond motifs is 1. The van der Waals surface area contributed by atoms with Crippen LogP contribution in [0.2, 0.25) is 0 Å². The minimum absolute atomic E-state index is 0.159. The van der Waals surface area contributed by atoms with E-state index < -0.39 is 5.97 Å². The third-order valence-electron chi connectivity index (χ3n) is 4.25. The van der Waals surface area contributed by atoms with Crippen LogP contribution >= 0.6 is 15.9 Å². The van der Waals surface area contributed by atoms with Crippen molar-refractivity contribution in [2.75, 3.05) is 18.5 Å². The lowest BCUT2D eigenvalue weighted by Gasteiger charge is -2.10. The van der Waals surface area contributed by atoms with Gasteiger partial charge in [-0.15, -0.1) is 0 Å². The number of hydrogen-bond donors (Lipinski definition) is 3. The second-order valence-electron chi connectivity index (χ2n) is 6.40. The average Bonchev–Trinajstić information content (AvgIpc) is 3.12. The zero-order chi connectivity index (χ0) is 21.0. The first-order valence-corrected chi connectivity index (χ1v) is 9.80. The second kappa shape index (κ2) is 8.91. The molecule has 0 aliphatic rings. The van der Waals surface area contributed by atoms with E-state index in [0.29, 0.717) is 27.8 Å². The first kappa shape index (κ1) is 20.6. The molecule has 3 aromatic rings. The van der Waals surface area contributed by atoms with Crippen molar-refractivity contribution in [3.8, 4) is 0 Å². The quantitative estimate of drug-likeness (QED) is 0.490. The number of nitrogens with one attached hydrogen (secondary N) is 3. The van der Waals surface area contributed by atoms with Gasteiger partial charge in [0.1, 0.15) is 5.69 Å². The lowest BCUT2D eigenvalue weighted by molar-refractivity contribution is -0.115. The monoisotopic (exact) mass is 457 g/mol. The van der Waals surface area contributed by atoms with Crippen molar-refractivity contribution in [2.45, 2.75) is 13.8 Å². The van der Waals surface area contributed by atoms with E-state index in [0.717, 1.165) is 10.0 Å². The highest BCUT2D eigenvalue weighted by atomic mass is 79.9. The molecule has 0 aliphatic heterocycles. The van der Waals surface area contributed by atoms with Crippen molar-refractivity contribution in [3.05, 3.63) is 63.8 Å². The Kier molecular flexibility index (Phi) is 6.33. The lowest BCUT2D eigenvalue weighted by atomic mass is 10.1. The van der Waals surface area contributed by atoms with E-state index in [4.69, 9.17) is 4.74 Å². The smallest absolute Gasteiger partial charge is 0.354 e. The number of benzene rings is 2. The molecule has 1 heterocycles. The number of esters is 1. The van der Waals surface area contributed by atoms with Gasteiger partial charge in [-0.05, 0) is 61.9 Å². The fraction of sp³-hybridized carbons (Fsp3) is 0.190. The number of carbonyl (C=O) groups is 3. The number of amides is 2. The standard InChI is InChI=1S/C21H20BrN3O4/c1-3-29-21(28)18-10-14-9-13(4-6-17(14)24-18)20(27)23-11-19(26)25-16-7-5-15(22)8-12(16)2/h4-10,24H,3,11H2,1-2H3,(H,23,27)(H,25,26). The van der Waals surface area contributed by atoms with Gasteiger partial charge >= 0.3 is 5.97 Å². The number of carbonyl (C=O) groups excluding carboxylic acids is 3. The summed E-state index contributed by atoms with van der Waals surface area (Å²) in [4.78, 5) is 39.3. The third kappa shape index (κ3) is 5.03.